The number of carbonyl (C=O) groups is 2. The summed E-state index contributed by atoms with van der Waals surface area (Å²) in [6.07, 6.45) is 7.69. The van der Waals surface area contributed by atoms with Crippen LogP contribution in [0.5, 0.6) is 0 Å². The summed E-state index contributed by atoms with van der Waals surface area (Å²) < 4.78 is 7.54. The first-order chi connectivity index (χ1) is 18.4. The van der Waals surface area contributed by atoms with Gasteiger partial charge in [-0.1, -0.05) is 37.3 Å². The standard InChI is InChI=1S/C30H33N3O4S/c1-3-37-17-16-33(29(34)23-9-7-20(2)8-10-23)25-18-26(38-28(25)30(35)36)22-13-11-21(12-14-22)24-19-32-15-5-4-6-27(32)31-24/h4-6,11-15,18-20,23H,3,7-10,16-17H2,1-2H3,(H,35,36)/t20-,23-. The van der Waals surface area contributed by atoms with Gasteiger partial charge in [0.2, 0.25) is 5.91 Å². The normalized spacial score (nSPS) is 17.5. The number of pyridine rings is 1. The summed E-state index contributed by atoms with van der Waals surface area (Å²) >= 11 is 1.20. The number of hydrogen-bond acceptors (Lipinski definition) is 5. The molecule has 1 aliphatic carbocycles. The molecule has 1 N–H and O–H groups in total. The summed E-state index contributed by atoms with van der Waals surface area (Å²) in [5, 5.41) is 10.1. The minimum absolute atomic E-state index is 0.00523. The van der Waals surface area contributed by atoms with Crippen molar-refractivity contribution in [1.82, 2.24) is 9.38 Å². The van der Waals surface area contributed by atoms with E-state index in [1.165, 1.54) is 11.3 Å². The number of carboxylic acids is 1. The van der Waals surface area contributed by atoms with E-state index in [1.807, 2.05) is 72.2 Å². The molecule has 3 heterocycles. The van der Waals surface area contributed by atoms with Crippen molar-refractivity contribution in [2.45, 2.75) is 39.5 Å². The number of aromatic carboxylic acids is 1. The Morgan fingerprint density at radius 1 is 1.11 bits per heavy atom. The Kier molecular flexibility index (Phi) is 7.90. The summed E-state index contributed by atoms with van der Waals surface area (Å²) in [4.78, 5) is 33.3. The lowest BCUT2D eigenvalue weighted by molar-refractivity contribution is -0.123. The lowest BCUT2D eigenvalue weighted by atomic mass is 9.82. The number of benzene rings is 1. The van der Waals surface area contributed by atoms with Crippen LogP contribution in [0.4, 0.5) is 5.69 Å². The van der Waals surface area contributed by atoms with E-state index in [9.17, 15) is 14.7 Å². The van der Waals surface area contributed by atoms with Crippen molar-refractivity contribution in [1.29, 1.82) is 0 Å². The van der Waals surface area contributed by atoms with E-state index in [0.29, 0.717) is 31.4 Å². The SMILES string of the molecule is CCOCCN(c1cc(-c2ccc(-c3cn4ccccc4n3)cc2)sc1C(=O)O)C(=O)[C@H]1CC[C@H](C)CC1. The van der Waals surface area contributed by atoms with E-state index in [2.05, 4.69) is 11.9 Å². The van der Waals surface area contributed by atoms with Crippen LogP contribution in [0.2, 0.25) is 0 Å². The number of ether oxygens (including phenoxy) is 1. The highest BCUT2D eigenvalue weighted by Crippen LogP contribution is 2.39. The van der Waals surface area contributed by atoms with Crippen molar-refractivity contribution >= 4 is 34.5 Å². The molecule has 38 heavy (non-hydrogen) atoms. The Morgan fingerprint density at radius 2 is 1.84 bits per heavy atom. The summed E-state index contributed by atoms with van der Waals surface area (Å²) in [7, 11) is 0. The van der Waals surface area contributed by atoms with Crippen LogP contribution in [0.25, 0.3) is 27.3 Å². The van der Waals surface area contributed by atoms with E-state index >= 15 is 0 Å². The van der Waals surface area contributed by atoms with Crippen LogP contribution >= 0.6 is 11.3 Å². The first-order valence-corrected chi connectivity index (χ1v) is 14.1. The molecule has 1 aliphatic rings. The minimum atomic E-state index is -1.02. The average Bonchev–Trinajstić information content (AvgIpc) is 3.57. The van der Waals surface area contributed by atoms with Crippen LogP contribution in [0.3, 0.4) is 0 Å². The van der Waals surface area contributed by atoms with Crippen molar-refractivity contribution in [3.8, 4) is 21.7 Å². The molecule has 198 valence electrons. The predicted octanol–water partition coefficient (Wildman–Crippen LogP) is 6.62. The third-order valence-electron chi connectivity index (χ3n) is 7.32. The summed E-state index contributed by atoms with van der Waals surface area (Å²) in [6, 6.07) is 15.7. The number of amides is 1. The number of fused-ring (bicyclic) bond motifs is 1. The monoisotopic (exact) mass is 531 g/mol. The van der Waals surface area contributed by atoms with Crippen molar-refractivity contribution in [3.63, 3.8) is 0 Å². The summed E-state index contributed by atoms with van der Waals surface area (Å²) in [5.41, 5.74) is 4.10. The van der Waals surface area contributed by atoms with Crippen LogP contribution < -0.4 is 4.90 Å². The van der Waals surface area contributed by atoms with E-state index in [0.717, 1.165) is 53.0 Å². The van der Waals surface area contributed by atoms with Crippen molar-refractivity contribution < 1.29 is 19.4 Å². The van der Waals surface area contributed by atoms with Gasteiger partial charge >= 0.3 is 5.97 Å². The molecule has 0 saturated heterocycles. The molecule has 8 heteroatoms. The zero-order valence-electron chi connectivity index (χ0n) is 21.8. The fourth-order valence-corrected chi connectivity index (χ4v) is 6.14. The Balaban J connectivity index is 1.44. The van der Waals surface area contributed by atoms with E-state index < -0.39 is 5.97 Å². The highest BCUT2D eigenvalue weighted by molar-refractivity contribution is 7.18. The lowest BCUT2D eigenvalue weighted by Crippen LogP contribution is -2.40. The number of nitrogens with zero attached hydrogens (tertiary/aromatic N) is 3. The van der Waals surface area contributed by atoms with E-state index in [-0.39, 0.29) is 16.7 Å². The molecule has 3 aromatic heterocycles. The highest BCUT2D eigenvalue weighted by Gasteiger charge is 2.32. The van der Waals surface area contributed by atoms with Crippen LogP contribution in [-0.4, -0.2) is 46.1 Å². The van der Waals surface area contributed by atoms with Crippen LogP contribution in [-0.2, 0) is 9.53 Å². The van der Waals surface area contributed by atoms with Gasteiger partial charge in [-0.25, -0.2) is 9.78 Å². The predicted molar refractivity (Wildman–Crippen MR) is 151 cm³/mol. The Labute approximate surface area is 226 Å². The number of rotatable bonds is 9. The molecule has 0 unspecified atom stereocenters. The molecule has 0 spiro atoms. The summed E-state index contributed by atoms with van der Waals surface area (Å²) in [6.45, 7) is 5.38. The van der Waals surface area contributed by atoms with Crippen molar-refractivity contribution in [2.75, 3.05) is 24.7 Å². The number of carbonyl (C=O) groups excluding carboxylic acids is 1. The molecular weight excluding hydrogens is 498 g/mol. The Bertz CT molecular complexity index is 1380. The number of anilines is 1. The van der Waals surface area contributed by atoms with Gasteiger partial charge in [0.05, 0.1) is 18.0 Å². The molecule has 5 rings (SSSR count). The third-order valence-corrected chi connectivity index (χ3v) is 8.48. The van der Waals surface area contributed by atoms with Gasteiger partial charge < -0.3 is 19.1 Å². The smallest absolute Gasteiger partial charge is 0.348 e. The molecular formula is C30H33N3O4S. The number of aromatic nitrogens is 2. The molecule has 1 aromatic carbocycles. The second-order valence-electron chi connectivity index (χ2n) is 9.94. The Hall–Kier alpha value is -3.49. The largest absolute Gasteiger partial charge is 0.477 e. The third kappa shape index (κ3) is 5.51. The molecule has 0 radical (unpaired) electrons. The zero-order valence-corrected chi connectivity index (χ0v) is 22.6. The maximum atomic E-state index is 13.7. The highest BCUT2D eigenvalue weighted by atomic mass is 32.1. The van der Waals surface area contributed by atoms with Gasteiger partial charge in [0.1, 0.15) is 10.5 Å². The second-order valence-corrected chi connectivity index (χ2v) is 11.0. The van der Waals surface area contributed by atoms with E-state index in [4.69, 9.17) is 4.74 Å². The van der Waals surface area contributed by atoms with Gasteiger partial charge in [0.15, 0.2) is 0 Å². The lowest BCUT2D eigenvalue weighted by Gasteiger charge is -2.31. The van der Waals surface area contributed by atoms with Crippen LogP contribution in [0.1, 0.15) is 49.2 Å². The topological polar surface area (TPSA) is 84.1 Å². The quantitative estimate of drug-likeness (QED) is 0.245. The second kappa shape index (κ2) is 11.5. The maximum absolute atomic E-state index is 13.7. The van der Waals surface area contributed by atoms with Crippen molar-refractivity contribution in [3.05, 3.63) is 65.8 Å². The average molecular weight is 532 g/mol. The molecule has 0 aliphatic heterocycles. The molecule has 0 atom stereocenters. The molecule has 0 bridgehead atoms. The fourth-order valence-electron chi connectivity index (χ4n) is 5.13. The summed E-state index contributed by atoms with van der Waals surface area (Å²) in [5.74, 6) is -0.473. The van der Waals surface area contributed by atoms with Gasteiger partial charge in [-0.15, -0.1) is 11.3 Å². The number of carboxylic acid groups (broad SMARTS) is 1. The first-order valence-electron chi connectivity index (χ1n) is 13.3. The van der Waals surface area contributed by atoms with Gasteiger partial charge in [-0.05, 0) is 62.3 Å². The van der Waals surface area contributed by atoms with E-state index in [1.54, 1.807) is 4.90 Å². The fraction of sp³-hybridized carbons (Fsp3) is 0.367. The van der Waals surface area contributed by atoms with Gasteiger partial charge in [-0.2, -0.15) is 0 Å². The van der Waals surface area contributed by atoms with Gasteiger partial charge in [0.25, 0.3) is 0 Å². The molecule has 7 nitrogen and oxygen atoms in total. The Morgan fingerprint density at radius 3 is 2.53 bits per heavy atom. The molecule has 4 aromatic rings. The first kappa shape index (κ1) is 26.1. The minimum Gasteiger partial charge on any atom is -0.477 e. The van der Waals surface area contributed by atoms with Crippen LogP contribution in [0.15, 0.2) is 60.9 Å². The zero-order chi connectivity index (χ0) is 26.6. The van der Waals surface area contributed by atoms with Crippen LogP contribution in [0, 0.1) is 11.8 Å². The van der Waals surface area contributed by atoms with Gasteiger partial charge in [0, 0.05) is 41.9 Å². The molecule has 1 saturated carbocycles. The van der Waals surface area contributed by atoms with Crippen molar-refractivity contribution in [2.24, 2.45) is 11.8 Å². The van der Waals surface area contributed by atoms with Gasteiger partial charge in [-0.3, -0.25) is 4.79 Å². The molecule has 1 amide bonds. The number of hydrogen-bond donors (Lipinski definition) is 1. The number of thiophene rings is 1. The number of imidazole rings is 1. The maximum Gasteiger partial charge on any atom is 0.348 e. The molecule has 1 fully saturated rings.